The van der Waals surface area contributed by atoms with Gasteiger partial charge >= 0.3 is 5.63 Å². The summed E-state index contributed by atoms with van der Waals surface area (Å²) in [7, 11) is 0. The Labute approximate surface area is 214 Å². The Kier molecular flexibility index (Phi) is 8.42. The summed E-state index contributed by atoms with van der Waals surface area (Å²) >= 11 is 6.06. The molecule has 0 bridgehead atoms. The van der Waals surface area contributed by atoms with Crippen LogP contribution in [0.1, 0.15) is 24.0 Å². The van der Waals surface area contributed by atoms with Gasteiger partial charge in [-0.2, -0.15) is 0 Å². The summed E-state index contributed by atoms with van der Waals surface area (Å²) in [6.45, 7) is 2.97. The normalized spacial score (nSPS) is 11.1. The van der Waals surface area contributed by atoms with E-state index < -0.39 is 0 Å². The minimum Gasteiger partial charge on any atom is -0.494 e. The minimum atomic E-state index is -0.364. The molecule has 0 atom stereocenters. The van der Waals surface area contributed by atoms with E-state index in [1.807, 2.05) is 49.4 Å². The fourth-order valence-corrected chi connectivity index (χ4v) is 3.75. The number of hydrogen-bond acceptors (Lipinski definition) is 5. The van der Waals surface area contributed by atoms with Crippen LogP contribution in [0.5, 0.6) is 11.5 Å². The summed E-state index contributed by atoms with van der Waals surface area (Å²) in [5.74, 6) is 1.17. The molecular formula is C29H26ClNO5. The quantitative estimate of drug-likeness (QED) is 0.149. The van der Waals surface area contributed by atoms with Crippen molar-refractivity contribution in [1.29, 1.82) is 0 Å². The molecule has 3 aromatic carbocycles. The predicted octanol–water partition coefficient (Wildman–Crippen LogP) is 6.64. The zero-order chi connectivity index (χ0) is 25.3. The highest BCUT2D eigenvalue weighted by atomic mass is 35.5. The van der Waals surface area contributed by atoms with E-state index in [0.29, 0.717) is 35.3 Å². The van der Waals surface area contributed by atoms with E-state index in [-0.39, 0.29) is 11.5 Å². The number of rotatable bonds is 10. The van der Waals surface area contributed by atoms with Crippen LogP contribution in [-0.4, -0.2) is 19.1 Å². The molecule has 0 saturated carbocycles. The second-order valence-electron chi connectivity index (χ2n) is 8.18. The lowest BCUT2D eigenvalue weighted by molar-refractivity contribution is -0.111. The maximum atomic E-state index is 12.1. The van der Waals surface area contributed by atoms with Crippen molar-refractivity contribution in [3.05, 3.63) is 105 Å². The number of carbonyl (C=O) groups excluding carboxylic acids is 1. The lowest BCUT2D eigenvalue weighted by atomic mass is 10.1. The van der Waals surface area contributed by atoms with Gasteiger partial charge < -0.3 is 19.2 Å². The highest BCUT2D eigenvalue weighted by Crippen LogP contribution is 2.23. The molecule has 36 heavy (non-hydrogen) atoms. The van der Waals surface area contributed by atoms with Gasteiger partial charge in [0, 0.05) is 23.6 Å². The number of unbranched alkanes of at least 4 members (excludes halogenated alkanes) is 1. The van der Waals surface area contributed by atoms with Crippen molar-refractivity contribution >= 4 is 40.2 Å². The van der Waals surface area contributed by atoms with Crippen LogP contribution in [0.3, 0.4) is 0 Å². The molecule has 1 N–H and O–H groups in total. The van der Waals surface area contributed by atoms with Gasteiger partial charge in [-0.1, -0.05) is 35.9 Å². The number of fused-ring (bicyclic) bond motifs is 1. The molecule has 0 fully saturated rings. The largest absolute Gasteiger partial charge is 0.494 e. The highest BCUT2D eigenvalue weighted by molar-refractivity contribution is 6.33. The Morgan fingerprint density at radius 3 is 2.39 bits per heavy atom. The molecule has 4 rings (SSSR count). The second-order valence-corrected chi connectivity index (χ2v) is 8.59. The zero-order valence-electron chi connectivity index (χ0n) is 19.8. The molecule has 7 heteroatoms. The molecule has 0 aliphatic carbocycles. The SMILES string of the molecule is Cc1cc(=O)oc2cc(OCCCCOc3ccc(/C=C/C(=O)Nc4ccccc4Cl)cc3)ccc12. The number of para-hydroxylation sites is 1. The van der Waals surface area contributed by atoms with Crippen molar-refractivity contribution in [3.63, 3.8) is 0 Å². The van der Waals surface area contributed by atoms with E-state index >= 15 is 0 Å². The van der Waals surface area contributed by atoms with Crippen LogP contribution >= 0.6 is 11.6 Å². The van der Waals surface area contributed by atoms with Gasteiger partial charge in [-0.05, 0) is 73.4 Å². The fraction of sp³-hybridized carbons (Fsp3) is 0.172. The Hall–Kier alpha value is -4.03. The van der Waals surface area contributed by atoms with E-state index in [1.54, 1.807) is 30.3 Å². The average Bonchev–Trinajstić information content (AvgIpc) is 2.86. The van der Waals surface area contributed by atoms with Crippen molar-refractivity contribution in [2.45, 2.75) is 19.8 Å². The summed E-state index contributed by atoms with van der Waals surface area (Å²) in [6, 6.07) is 21.6. The molecular weight excluding hydrogens is 478 g/mol. The Bertz CT molecular complexity index is 1430. The van der Waals surface area contributed by atoms with Gasteiger partial charge in [0.1, 0.15) is 17.1 Å². The van der Waals surface area contributed by atoms with Crippen LogP contribution < -0.4 is 20.4 Å². The van der Waals surface area contributed by atoms with Crippen molar-refractivity contribution in [2.24, 2.45) is 0 Å². The maximum absolute atomic E-state index is 12.1. The number of hydrogen-bond donors (Lipinski definition) is 1. The van der Waals surface area contributed by atoms with Crippen LogP contribution in [0.4, 0.5) is 5.69 Å². The number of halogens is 1. The Balaban J connectivity index is 1.17. The standard InChI is InChI=1S/C29H26ClNO5/c1-20-18-29(33)36-27-19-23(13-14-24(20)27)35-17-5-4-16-34-22-11-8-21(9-12-22)10-15-28(32)31-26-7-3-2-6-25(26)30/h2-3,6-15,18-19H,4-5,16-17H2,1H3,(H,31,32)/b15-10+. The molecule has 184 valence electrons. The first kappa shape index (κ1) is 25.1. The molecule has 4 aromatic rings. The van der Waals surface area contributed by atoms with E-state index in [0.717, 1.165) is 35.1 Å². The first-order valence-corrected chi connectivity index (χ1v) is 12.0. The van der Waals surface area contributed by atoms with Crippen LogP contribution in [-0.2, 0) is 4.79 Å². The van der Waals surface area contributed by atoms with Gasteiger partial charge in [-0.3, -0.25) is 4.79 Å². The Morgan fingerprint density at radius 1 is 0.944 bits per heavy atom. The van der Waals surface area contributed by atoms with Gasteiger partial charge in [-0.15, -0.1) is 0 Å². The number of aryl methyl sites for hydroxylation is 1. The van der Waals surface area contributed by atoms with Crippen molar-refractivity contribution < 1.29 is 18.7 Å². The third kappa shape index (κ3) is 6.99. The summed E-state index contributed by atoms with van der Waals surface area (Å²) in [6.07, 6.45) is 4.83. The lowest BCUT2D eigenvalue weighted by Gasteiger charge is -2.09. The van der Waals surface area contributed by atoms with E-state index in [4.69, 9.17) is 25.5 Å². The third-order valence-corrected chi connectivity index (χ3v) is 5.77. The number of carbonyl (C=O) groups is 1. The fourth-order valence-electron chi connectivity index (χ4n) is 3.56. The number of ether oxygens (including phenoxy) is 2. The van der Waals surface area contributed by atoms with Gasteiger partial charge in [0.05, 0.1) is 23.9 Å². The monoisotopic (exact) mass is 503 g/mol. The smallest absolute Gasteiger partial charge is 0.336 e. The number of anilines is 1. The molecule has 6 nitrogen and oxygen atoms in total. The molecule has 0 unspecified atom stereocenters. The molecule has 0 radical (unpaired) electrons. The lowest BCUT2D eigenvalue weighted by Crippen LogP contribution is -2.07. The Morgan fingerprint density at radius 2 is 1.64 bits per heavy atom. The molecule has 0 saturated heterocycles. The number of benzene rings is 3. The molecule has 1 aromatic heterocycles. The van der Waals surface area contributed by atoms with Crippen molar-refractivity contribution in [1.82, 2.24) is 0 Å². The first-order chi connectivity index (χ1) is 17.5. The summed E-state index contributed by atoms with van der Waals surface area (Å²) in [5, 5.41) is 4.14. The van der Waals surface area contributed by atoms with Crippen LogP contribution in [0.2, 0.25) is 5.02 Å². The zero-order valence-corrected chi connectivity index (χ0v) is 20.6. The van der Waals surface area contributed by atoms with Crippen molar-refractivity contribution in [3.8, 4) is 11.5 Å². The predicted molar refractivity (Wildman–Crippen MR) is 143 cm³/mol. The summed E-state index contributed by atoms with van der Waals surface area (Å²) in [4.78, 5) is 23.7. The molecule has 0 aliphatic rings. The highest BCUT2D eigenvalue weighted by Gasteiger charge is 2.05. The van der Waals surface area contributed by atoms with E-state index in [9.17, 15) is 9.59 Å². The molecule has 0 spiro atoms. The molecule has 0 aliphatic heterocycles. The third-order valence-electron chi connectivity index (χ3n) is 5.44. The first-order valence-electron chi connectivity index (χ1n) is 11.6. The second kappa shape index (κ2) is 12.1. The van der Waals surface area contributed by atoms with Gasteiger partial charge in [0.2, 0.25) is 5.91 Å². The number of nitrogens with one attached hydrogen (secondary N) is 1. The molecule has 1 heterocycles. The maximum Gasteiger partial charge on any atom is 0.336 e. The summed E-state index contributed by atoms with van der Waals surface area (Å²) < 4.78 is 16.8. The van der Waals surface area contributed by atoms with E-state index in [1.165, 1.54) is 12.1 Å². The van der Waals surface area contributed by atoms with Gasteiger partial charge in [0.25, 0.3) is 0 Å². The van der Waals surface area contributed by atoms with Crippen molar-refractivity contribution in [2.75, 3.05) is 18.5 Å². The van der Waals surface area contributed by atoms with Crippen LogP contribution in [0.25, 0.3) is 17.0 Å². The van der Waals surface area contributed by atoms with Crippen LogP contribution in [0.15, 0.2) is 88.1 Å². The van der Waals surface area contributed by atoms with Crippen LogP contribution in [0, 0.1) is 6.92 Å². The minimum absolute atomic E-state index is 0.256. The average molecular weight is 504 g/mol. The van der Waals surface area contributed by atoms with Gasteiger partial charge in [-0.25, -0.2) is 4.79 Å². The van der Waals surface area contributed by atoms with Gasteiger partial charge in [0.15, 0.2) is 0 Å². The molecule has 1 amide bonds. The summed E-state index contributed by atoms with van der Waals surface area (Å²) in [5.41, 5.74) is 2.50. The van der Waals surface area contributed by atoms with E-state index in [2.05, 4.69) is 5.32 Å². The topological polar surface area (TPSA) is 77.8 Å². The number of amides is 1.